The van der Waals surface area contributed by atoms with Crippen molar-refractivity contribution in [3.8, 4) is 0 Å². The molecule has 2 aromatic rings. The van der Waals surface area contributed by atoms with Gasteiger partial charge in [0.15, 0.2) is 0 Å². The molecule has 0 saturated carbocycles. The fourth-order valence-corrected chi connectivity index (χ4v) is 3.72. The minimum Gasteiger partial charge on any atom is -0.465 e. The van der Waals surface area contributed by atoms with Crippen LogP contribution in [0.1, 0.15) is 33.2 Å². The van der Waals surface area contributed by atoms with Crippen LogP contribution in [0.3, 0.4) is 0 Å². The minimum absolute atomic E-state index is 0.119. The van der Waals surface area contributed by atoms with Gasteiger partial charge in [-0.3, -0.25) is 14.9 Å². The molecule has 31 heavy (non-hydrogen) atoms. The molecule has 0 atom stereocenters. The summed E-state index contributed by atoms with van der Waals surface area (Å²) < 4.78 is 4.81. The van der Waals surface area contributed by atoms with Crippen LogP contribution in [0, 0.1) is 17.0 Å². The number of benzene rings is 2. The van der Waals surface area contributed by atoms with Crippen LogP contribution in [0.25, 0.3) is 0 Å². The summed E-state index contributed by atoms with van der Waals surface area (Å²) in [5.74, 6) is -0.985. The number of amides is 1. The number of ether oxygens (including phenoxy) is 1. The maximum absolute atomic E-state index is 13.0. The number of anilines is 2. The first-order chi connectivity index (χ1) is 14.8. The summed E-state index contributed by atoms with van der Waals surface area (Å²) in [5, 5.41) is 14.1. The molecule has 0 bridgehead atoms. The maximum Gasteiger partial charge on any atom is 0.337 e. The van der Waals surface area contributed by atoms with Crippen molar-refractivity contribution in [2.75, 3.05) is 50.1 Å². The quantitative estimate of drug-likeness (QED) is 0.430. The second-order valence-corrected chi connectivity index (χ2v) is 7.31. The Morgan fingerprint density at radius 2 is 1.87 bits per heavy atom. The number of nitrogens with zero attached hydrogens (tertiary/aromatic N) is 3. The van der Waals surface area contributed by atoms with Gasteiger partial charge in [0.25, 0.3) is 11.6 Å². The number of nitro benzene ring substituents is 1. The van der Waals surface area contributed by atoms with Gasteiger partial charge < -0.3 is 19.9 Å². The van der Waals surface area contributed by atoms with E-state index in [9.17, 15) is 19.7 Å². The highest BCUT2D eigenvalue weighted by Gasteiger charge is 2.23. The summed E-state index contributed by atoms with van der Waals surface area (Å²) >= 11 is 0. The van der Waals surface area contributed by atoms with Crippen LogP contribution in [0.2, 0.25) is 0 Å². The van der Waals surface area contributed by atoms with Crippen molar-refractivity contribution >= 4 is 28.9 Å². The van der Waals surface area contributed by atoms with E-state index in [4.69, 9.17) is 4.74 Å². The number of carbonyl (C=O) groups is 2. The number of piperazine rings is 1. The average molecular weight is 426 g/mol. The first-order valence-electron chi connectivity index (χ1n) is 10.1. The molecule has 2 aromatic carbocycles. The van der Waals surface area contributed by atoms with E-state index in [2.05, 4.69) is 22.0 Å². The molecule has 0 radical (unpaired) electrons. The third kappa shape index (κ3) is 4.83. The molecule has 0 spiro atoms. The predicted octanol–water partition coefficient (Wildman–Crippen LogP) is 3.08. The van der Waals surface area contributed by atoms with Gasteiger partial charge in [-0.15, -0.1) is 0 Å². The summed E-state index contributed by atoms with van der Waals surface area (Å²) in [7, 11) is 1.30. The van der Waals surface area contributed by atoms with E-state index in [0.717, 1.165) is 38.4 Å². The summed E-state index contributed by atoms with van der Waals surface area (Å²) in [6.45, 7) is 7.99. The lowest BCUT2D eigenvalue weighted by Gasteiger charge is -2.36. The Balaban J connectivity index is 1.94. The van der Waals surface area contributed by atoms with E-state index >= 15 is 0 Å². The molecule has 9 nitrogen and oxygen atoms in total. The van der Waals surface area contributed by atoms with E-state index in [1.165, 1.54) is 19.2 Å². The van der Waals surface area contributed by atoms with Crippen molar-refractivity contribution in [1.82, 2.24) is 4.90 Å². The zero-order valence-electron chi connectivity index (χ0n) is 17.9. The molecule has 0 aliphatic carbocycles. The molecule has 164 valence electrons. The van der Waals surface area contributed by atoms with E-state index in [1.807, 2.05) is 0 Å². The van der Waals surface area contributed by atoms with E-state index in [1.54, 1.807) is 31.2 Å². The van der Waals surface area contributed by atoms with E-state index in [0.29, 0.717) is 11.3 Å². The average Bonchev–Trinajstić information content (AvgIpc) is 2.78. The van der Waals surface area contributed by atoms with Crippen molar-refractivity contribution in [2.24, 2.45) is 0 Å². The van der Waals surface area contributed by atoms with Crippen molar-refractivity contribution in [3.05, 3.63) is 63.2 Å². The second-order valence-electron chi connectivity index (χ2n) is 7.31. The van der Waals surface area contributed by atoms with Gasteiger partial charge >= 0.3 is 5.97 Å². The molecule has 1 fully saturated rings. The molecule has 1 aliphatic heterocycles. The van der Waals surface area contributed by atoms with E-state index in [-0.39, 0.29) is 16.8 Å². The maximum atomic E-state index is 13.0. The second kappa shape index (κ2) is 9.57. The molecule has 1 aliphatic rings. The topological polar surface area (TPSA) is 105 Å². The number of nitrogens with one attached hydrogen (secondary N) is 1. The highest BCUT2D eigenvalue weighted by atomic mass is 16.6. The molecule has 1 heterocycles. The molecule has 1 amide bonds. The number of hydrogen-bond donors (Lipinski definition) is 1. The highest BCUT2D eigenvalue weighted by molar-refractivity contribution is 6.08. The molecule has 0 unspecified atom stereocenters. The monoisotopic (exact) mass is 426 g/mol. The lowest BCUT2D eigenvalue weighted by molar-refractivity contribution is -0.385. The largest absolute Gasteiger partial charge is 0.465 e. The Morgan fingerprint density at radius 1 is 1.16 bits per heavy atom. The van der Waals surface area contributed by atoms with Crippen molar-refractivity contribution in [1.29, 1.82) is 0 Å². The minimum atomic E-state index is -0.511. The Labute approximate surface area is 180 Å². The van der Waals surface area contributed by atoms with E-state index < -0.39 is 16.8 Å². The third-order valence-corrected chi connectivity index (χ3v) is 5.57. The molecule has 1 N–H and O–H groups in total. The number of rotatable bonds is 6. The zero-order chi connectivity index (χ0) is 22.5. The zero-order valence-corrected chi connectivity index (χ0v) is 17.9. The first-order valence-corrected chi connectivity index (χ1v) is 10.1. The van der Waals surface area contributed by atoms with Gasteiger partial charge in [0.05, 0.1) is 29.0 Å². The van der Waals surface area contributed by atoms with Crippen molar-refractivity contribution < 1.29 is 19.2 Å². The number of nitro groups is 1. The highest BCUT2D eigenvalue weighted by Crippen LogP contribution is 2.30. The lowest BCUT2D eigenvalue weighted by Crippen LogP contribution is -2.46. The van der Waals surface area contributed by atoms with Crippen LogP contribution in [-0.2, 0) is 4.74 Å². The van der Waals surface area contributed by atoms with Crippen LogP contribution in [0.4, 0.5) is 17.1 Å². The number of likely N-dealkylation sites (N-methyl/N-ethyl adjacent to an activating group) is 1. The molecule has 9 heteroatoms. The van der Waals surface area contributed by atoms with Crippen molar-refractivity contribution in [3.63, 3.8) is 0 Å². The van der Waals surface area contributed by atoms with Gasteiger partial charge in [-0.1, -0.05) is 13.0 Å². The summed E-state index contributed by atoms with van der Waals surface area (Å²) in [5.41, 5.74) is 1.94. The van der Waals surface area contributed by atoms with Crippen molar-refractivity contribution in [2.45, 2.75) is 13.8 Å². The van der Waals surface area contributed by atoms with Crippen LogP contribution in [0.15, 0.2) is 36.4 Å². The lowest BCUT2D eigenvalue weighted by atomic mass is 10.1. The van der Waals surface area contributed by atoms with Gasteiger partial charge in [-0.05, 0) is 37.7 Å². The summed E-state index contributed by atoms with van der Waals surface area (Å²) in [6, 6.07) is 9.43. The van der Waals surface area contributed by atoms with Gasteiger partial charge in [-0.25, -0.2) is 4.79 Å². The van der Waals surface area contributed by atoms with Crippen LogP contribution >= 0.6 is 0 Å². The Hall–Kier alpha value is -3.46. The summed E-state index contributed by atoms with van der Waals surface area (Å²) in [4.78, 5) is 40.3. The van der Waals surface area contributed by atoms with Gasteiger partial charge in [0, 0.05) is 43.4 Å². The smallest absolute Gasteiger partial charge is 0.337 e. The van der Waals surface area contributed by atoms with Gasteiger partial charge in [0.2, 0.25) is 0 Å². The molecular formula is C22H26N4O5. The molecule has 1 saturated heterocycles. The first kappa shape index (κ1) is 22.2. The number of hydrogen-bond acceptors (Lipinski definition) is 7. The Morgan fingerprint density at radius 3 is 2.48 bits per heavy atom. The molecule has 0 aromatic heterocycles. The fraction of sp³-hybridized carbons (Fsp3) is 0.364. The predicted molar refractivity (Wildman–Crippen MR) is 118 cm³/mol. The standard InChI is InChI=1S/C22H26N4O5/c1-4-24-10-12-25(13-11-24)20-9-8-16(22(28)31-3)14-18(20)23-21(27)17-6-5-7-19(15(17)2)26(29)30/h5-9,14H,4,10-13H2,1-3H3,(H,23,27). The SMILES string of the molecule is CCN1CCN(c2ccc(C(=O)OC)cc2NC(=O)c2cccc([N+](=O)[O-])c2C)CC1. The normalized spacial score (nSPS) is 14.2. The molecule has 3 rings (SSSR count). The van der Waals surface area contributed by atoms with Gasteiger partial charge in [0.1, 0.15) is 0 Å². The van der Waals surface area contributed by atoms with Crippen LogP contribution in [0.5, 0.6) is 0 Å². The van der Waals surface area contributed by atoms with Crippen LogP contribution in [-0.4, -0.2) is 61.5 Å². The fourth-order valence-electron chi connectivity index (χ4n) is 3.72. The van der Waals surface area contributed by atoms with Gasteiger partial charge in [-0.2, -0.15) is 0 Å². The Kier molecular flexibility index (Phi) is 6.86. The van der Waals surface area contributed by atoms with Crippen LogP contribution < -0.4 is 10.2 Å². The number of carbonyl (C=O) groups excluding carboxylic acids is 2. The number of esters is 1. The summed E-state index contributed by atoms with van der Waals surface area (Å²) in [6.07, 6.45) is 0. The Bertz CT molecular complexity index is 999. The number of methoxy groups -OCH3 is 1. The molecular weight excluding hydrogens is 400 g/mol. The third-order valence-electron chi connectivity index (χ3n) is 5.57.